The van der Waals surface area contributed by atoms with E-state index in [1.807, 2.05) is 5.38 Å². The summed E-state index contributed by atoms with van der Waals surface area (Å²) in [6.07, 6.45) is 3.00. The summed E-state index contributed by atoms with van der Waals surface area (Å²) >= 11 is 1.40. The van der Waals surface area contributed by atoms with Crippen LogP contribution in [0.1, 0.15) is 19.0 Å². The van der Waals surface area contributed by atoms with E-state index in [1.54, 1.807) is 0 Å². The Hall–Kier alpha value is -1.36. The third-order valence-electron chi connectivity index (χ3n) is 1.60. The number of hydrogen-bond donors (Lipinski definition) is 1. The molecule has 82 valence electrons. The van der Waals surface area contributed by atoms with Crippen LogP contribution in [0.25, 0.3) is 0 Å². The molecule has 1 aromatic heterocycles. The van der Waals surface area contributed by atoms with Crippen LogP contribution in [0.2, 0.25) is 0 Å². The van der Waals surface area contributed by atoms with Gasteiger partial charge >= 0.3 is 6.09 Å². The number of nitrogens with one attached hydrogen (secondary N) is 1. The summed E-state index contributed by atoms with van der Waals surface area (Å²) in [5.74, 6) is 0. The summed E-state index contributed by atoms with van der Waals surface area (Å²) in [6, 6.07) is 0. The highest BCUT2D eigenvalue weighted by Crippen LogP contribution is 2.16. The van der Waals surface area contributed by atoms with Crippen molar-refractivity contribution in [3.8, 4) is 0 Å². The van der Waals surface area contributed by atoms with Crippen LogP contribution in [0, 0.1) is 0 Å². The van der Waals surface area contributed by atoms with Crippen molar-refractivity contribution in [2.75, 3.05) is 11.9 Å². The lowest BCUT2D eigenvalue weighted by Crippen LogP contribution is -2.13. The maximum absolute atomic E-state index is 11.1. The smallest absolute Gasteiger partial charge is 0.413 e. The number of amides is 1. The first-order chi connectivity index (χ1) is 7.26. The number of anilines is 1. The first-order valence-corrected chi connectivity index (χ1v) is 5.63. The summed E-state index contributed by atoms with van der Waals surface area (Å²) in [7, 11) is 0. The lowest BCUT2D eigenvalue weighted by atomic mass is 10.3. The van der Waals surface area contributed by atoms with Gasteiger partial charge in [-0.2, -0.15) is 0 Å². The molecule has 1 amide bonds. The van der Waals surface area contributed by atoms with Crippen molar-refractivity contribution in [1.82, 2.24) is 4.98 Å². The molecule has 5 heteroatoms. The summed E-state index contributed by atoms with van der Waals surface area (Å²) in [4.78, 5) is 15.4. The lowest BCUT2D eigenvalue weighted by Gasteiger charge is -2.00. The van der Waals surface area contributed by atoms with Crippen LogP contribution in [0.3, 0.4) is 0 Å². The third-order valence-corrected chi connectivity index (χ3v) is 2.41. The van der Waals surface area contributed by atoms with Gasteiger partial charge in [-0.3, -0.25) is 5.32 Å². The molecule has 0 saturated carbocycles. The highest BCUT2D eigenvalue weighted by Gasteiger charge is 2.05. The Kier molecular flexibility index (Phi) is 4.83. The van der Waals surface area contributed by atoms with Crippen molar-refractivity contribution in [2.24, 2.45) is 0 Å². The predicted octanol–water partition coefficient (Wildman–Crippen LogP) is 2.83. The monoisotopic (exact) mass is 226 g/mol. The predicted molar refractivity (Wildman–Crippen MR) is 61.3 cm³/mol. The van der Waals surface area contributed by atoms with E-state index in [0.29, 0.717) is 5.13 Å². The van der Waals surface area contributed by atoms with E-state index in [9.17, 15) is 4.79 Å². The summed E-state index contributed by atoms with van der Waals surface area (Å²) < 4.78 is 4.76. The van der Waals surface area contributed by atoms with Gasteiger partial charge in [0, 0.05) is 5.38 Å². The van der Waals surface area contributed by atoms with Gasteiger partial charge in [0.2, 0.25) is 0 Å². The van der Waals surface area contributed by atoms with Crippen molar-refractivity contribution in [3.63, 3.8) is 0 Å². The number of aryl methyl sites for hydroxylation is 1. The fourth-order valence-corrected chi connectivity index (χ4v) is 1.72. The number of thiazole rings is 1. The molecule has 0 spiro atoms. The molecule has 0 radical (unpaired) electrons. The zero-order valence-corrected chi connectivity index (χ0v) is 9.47. The molecule has 0 aliphatic carbocycles. The van der Waals surface area contributed by atoms with Crippen LogP contribution >= 0.6 is 11.3 Å². The van der Waals surface area contributed by atoms with Gasteiger partial charge in [0.05, 0.1) is 5.69 Å². The number of nitrogens with zero attached hydrogens (tertiary/aromatic N) is 1. The topological polar surface area (TPSA) is 51.2 Å². The Balaban J connectivity index is 2.42. The second kappa shape index (κ2) is 6.19. The minimum atomic E-state index is -0.493. The van der Waals surface area contributed by atoms with Crippen LogP contribution in [0.15, 0.2) is 18.0 Å². The minimum absolute atomic E-state index is 0.207. The first-order valence-electron chi connectivity index (χ1n) is 4.75. The second-order valence-electron chi connectivity index (χ2n) is 2.91. The molecule has 1 N–H and O–H groups in total. The molecule has 4 nitrogen and oxygen atoms in total. The molecule has 1 aromatic rings. The third kappa shape index (κ3) is 4.12. The molecule has 0 atom stereocenters. The summed E-state index contributed by atoms with van der Waals surface area (Å²) in [5, 5.41) is 5.07. The quantitative estimate of drug-likeness (QED) is 0.785. The van der Waals surface area contributed by atoms with Crippen LogP contribution in [-0.4, -0.2) is 17.7 Å². The number of aromatic nitrogens is 1. The fraction of sp³-hybridized carbons (Fsp3) is 0.400. The molecule has 0 aromatic carbocycles. The van der Waals surface area contributed by atoms with Gasteiger partial charge in [-0.05, 0) is 6.42 Å². The number of carbonyl (C=O) groups excluding carboxylic acids is 1. The molecular weight excluding hydrogens is 212 g/mol. The number of carbonyl (C=O) groups is 1. The van der Waals surface area contributed by atoms with Crippen molar-refractivity contribution < 1.29 is 9.53 Å². The van der Waals surface area contributed by atoms with Crippen LogP contribution in [0.4, 0.5) is 9.93 Å². The lowest BCUT2D eigenvalue weighted by molar-refractivity contribution is 0.174. The van der Waals surface area contributed by atoms with Gasteiger partial charge in [-0.25, -0.2) is 9.78 Å². The van der Waals surface area contributed by atoms with E-state index in [2.05, 4.69) is 23.8 Å². The minimum Gasteiger partial charge on any atom is -0.445 e. The van der Waals surface area contributed by atoms with Crippen molar-refractivity contribution in [2.45, 2.75) is 19.8 Å². The molecule has 0 saturated heterocycles. The van der Waals surface area contributed by atoms with E-state index in [1.165, 1.54) is 17.4 Å². The number of hydrogen-bond acceptors (Lipinski definition) is 4. The standard InChI is InChI=1S/C10H14N2O2S/c1-3-5-8-7-15-9(11-8)12-10(13)14-6-4-2/h4,7H,2-3,5-6H2,1H3,(H,11,12,13). The van der Waals surface area contributed by atoms with E-state index in [0.717, 1.165) is 18.5 Å². The van der Waals surface area contributed by atoms with Crippen molar-refractivity contribution in [3.05, 3.63) is 23.7 Å². The van der Waals surface area contributed by atoms with Gasteiger partial charge in [0.15, 0.2) is 5.13 Å². The summed E-state index contributed by atoms with van der Waals surface area (Å²) in [5.41, 5.74) is 1.00. The Bertz CT molecular complexity index is 336. The Morgan fingerprint density at radius 3 is 3.27 bits per heavy atom. The molecular formula is C10H14N2O2S. The normalized spacial score (nSPS) is 9.67. The van der Waals surface area contributed by atoms with Gasteiger partial charge < -0.3 is 4.74 Å². The largest absolute Gasteiger partial charge is 0.445 e. The molecule has 0 bridgehead atoms. The van der Waals surface area contributed by atoms with Crippen molar-refractivity contribution in [1.29, 1.82) is 0 Å². The molecule has 1 rings (SSSR count). The summed E-state index contributed by atoms with van der Waals surface area (Å²) in [6.45, 7) is 5.75. The maximum atomic E-state index is 11.1. The van der Waals surface area contributed by atoms with E-state index in [4.69, 9.17) is 4.74 Å². The van der Waals surface area contributed by atoms with Gasteiger partial charge in [-0.15, -0.1) is 11.3 Å². The molecule has 1 heterocycles. The van der Waals surface area contributed by atoms with Crippen molar-refractivity contribution >= 4 is 22.6 Å². The zero-order valence-electron chi connectivity index (χ0n) is 8.66. The van der Waals surface area contributed by atoms with E-state index < -0.39 is 6.09 Å². The zero-order chi connectivity index (χ0) is 11.1. The average Bonchev–Trinajstić information content (AvgIpc) is 2.63. The number of ether oxygens (including phenoxy) is 1. The Labute approximate surface area is 93.0 Å². The number of rotatable bonds is 5. The molecule has 0 fully saturated rings. The van der Waals surface area contributed by atoms with Gasteiger partial charge in [0.25, 0.3) is 0 Å². The van der Waals surface area contributed by atoms with Crippen LogP contribution in [0.5, 0.6) is 0 Å². The van der Waals surface area contributed by atoms with Gasteiger partial charge in [0.1, 0.15) is 6.61 Å². The van der Waals surface area contributed by atoms with E-state index in [-0.39, 0.29) is 6.61 Å². The van der Waals surface area contributed by atoms with Gasteiger partial charge in [-0.1, -0.05) is 26.0 Å². The average molecular weight is 226 g/mol. The molecule has 0 unspecified atom stereocenters. The SMILES string of the molecule is C=CCOC(=O)Nc1nc(CCC)cs1. The second-order valence-corrected chi connectivity index (χ2v) is 3.76. The molecule has 15 heavy (non-hydrogen) atoms. The maximum Gasteiger partial charge on any atom is 0.413 e. The molecule has 0 aliphatic rings. The Morgan fingerprint density at radius 2 is 2.60 bits per heavy atom. The van der Waals surface area contributed by atoms with E-state index >= 15 is 0 Å². The van der Waals surface area contributed by atoms with Crippen LogP contribution in [-0.2, 0) is 11.2 Å². The van der Waals surface area contributed by atoms with Crippen LogP contribution < -0.4 is 5.32 Å². The highest BCUT2D eigenvalue weighted by atomic mass is 32.1. The fourth-order valence-electron chi connectivity index (χ4n) is 0.993. The first kappa shape index (κ1) is 11.7. The Morgan fingerprint density at radius 1 is 1.80 bits per heavy atom. The molecule has 0 aliphatic heterocycles. The highest BCUT2D eigenvalue weighted by molar-refractivity contribution is 7.13.